The second-order valence-electron chi connectivity index (χ2n) is 5.09. The van der Waals surface area contributed by atoms with Crippen molar-refractivity contribution in [1.29, 1.82) is 0 Å². The number of amides is 2. The van der Waals surface area contributed by atoms with Gasteiger partial charge in [0.05, 0.1) is 5.69 Å². The molecule has 1 aliphatic rings. The summed E-state index contributed by atoms with van der Waals surface area (Å²) in [5.74, 6) is -0.928. The summed E-state index contributed by atoms with van der Waals surface area (Å²) < 4.78 is 0. The predicted octanol–water partition coefficient (Wildman–Crippen LogP) is 3.07. The maximum atomic E-state index is 12.7. The minimum atomic E-state index is -0.491. The Balaban J connectivity index is 1.88. The summed E-state index contributed by atoms with van der Waals surface area (Å²) in [6.07, 6.45) is 5.01. The first-order valence-corrected chi connectivity index (χ1v) is 7.76. The molecule has 118 valence electrons. The van der Waals surface area contributed by atoms with E-state index in [2.05, 4.69) is 5.32 Å². The number of anilines is 1. The molecular formula is C19H14N2O2S. The van der Waals surface area contributed by atoms with E-state index in [0.717, 1.165) is 5.56 Å². The van der Waals surface area contributed by atoms with Gasteiger partial charge in [0.2, 0.25) is 0 Å². The molecule has 0 atom stereocenters. The molecule has 2 aromatic rings. The van der Waals surface area contributed by atoms with Crippen LogP contribution in [0.1, 0.15) is 5.56 Å². The van der Waals surface area contributed by atoms with Gasteiger partial charge in [0, 0.05) is 0 Å². The van der Waals surface area contributed by atoms with E-state index in [0.29, 0.717) is 5.69 Å². The SMILES string of the molecule is O=C1NC(=S)N(c2ccccc2)C(=O)/C1=C\C=C\c1ccccc1. The average molecular weight is 334 g/mol. The fourth-order valence-corrected chi connectivity index (χ4v) is 2.59. The third kappa shape index (κ3) is 3.31. The number of rotatable bonds is 3. The van der Waals surface area contributed by atoms with Crippen molar-refractivity contribution < 1.29 is 9.59 Å². The highest BCUT2D eigenvalue weighted by Gasteiger charge is 2.33. The van der Waals surface area contributed by atoms with Gasteiger partial charge in [-0.3, -0.25) is 19.8 Å². The van der Waals surface area contributed by atoms with Gasteiger partial charge in [-0.05, 0) is 36.0 Å². The molecule has 0 spiro atoms. The number of benzene rings is 2. The summed E-state index contributed by atoms with van der Waals surface area (Å²) in [6.45, 7) is 0. The van der Waals surface area contributed by atoms with Crippen LogP contribution in [0.3, 0.4) is 0 Å². The van der Waals surface area contributed by atoms with Crippen LogP contribution in [0.4, 0.5) is 5.69 Å². The highest BCUT2D eigenvalue weighted by molar-refractivity contribution is 7.80. The van der Waals surface area contributed by atoms with Crippen LogP contribution in [-0.4, -0.2) is 16.9 Å². The average Bonchev–Trinajstić information content (AvgIpc) is 2.59. The molecule has 2 amide bonds. The molecule has 1 saturated heterocycles. The van der Waals surface area contributed by atoms with Crippen molar-refractivity contribution in [2.75, 3.05) is 4.90 Å². The molecule has 0 unspecified atom stereocenters. The van der Waals surface area contributed by atoms with Gasteiger partial charge in [-0.15, -0.1) is 0 Å². The lowest BCUT2D eigenvalue weighted by Crippen LogP contribution is -2.54. The Bertz CT molecular complexity index is 842. The van der Waals surface area contributed by atoms with Gasteiger partial charge in [0.25, 0.3) is 11.8 Å². The van der Waals surface area contributed by atoms with Crippen molar-refractivity contribution in [3.63, 3.8) is 0 Å². The smallest absolute Gasteiger partial charge is 0.270 e. The number of hydrogen-bond donors (Lipinski definition) is 1. The maximum absolute atomic E-state index is 12.7. The first-order chi connectivity index (χ1) is 11.7. The Kier molecular flexibility index (Phi) is 4.63. The van der Waals surface area contributed by atoms with Crippen molar-refractivity contribution in [2.24, 2.45) is 0 Å². The van der Waals surface area contributed by atoms with Crippen LogP contribution in [0.15, 0.2) is 78.4 Å². The lowest BCUT2D eigenvalue weighted by Gasteiger charge is -2.28. The van der Waals surface area contributed by atoms with E-state index < -0.39 is 11.8 Å². The first kappa shape index (κ1) is 15.8. The molecule has 4 nitrogen and oxygen atoms in total. The Morgan fingerprint density at radius 1 is 0.917 bits per heavy atom. The minimum Gasteiger partial charge on any atom is -0.298 e. The van der Waals surface area contributed by atoms with Gasteiger partial charge in [-0.25, -0.2) is 0 Å². The predicted molar refractivity (Wildman–Crippen MR) is 98.2 cm³/mol. The minimum absolute atomic E-state index is 0.0413. The van der Waals surface area contributed by atoms with Crippen LogP contribution in [0.25, 0.3) is 6.08 Å². The zero-order valence-corrected chi connectivity index (χ0v) is 13.5. The van der Waals surface area contributed by atoms with E-state index in [9.17, 15) is 9.59 Å². The summed E-state index contributed by atoms with van der Waals surface area (Å²) in [6, 6.07) is 18.6. The number of carbonyl (C=O) groups is 2. The number of allylic oxidation sites excluding steroid dienone is 2. The highest BCUT2D eigenvalue weighted by atomic mass is 32.1. The Morgan fingerprint density at radius 3 is 2.21 bits per heavy atom. The number of thiocarbonyl (C=S) groups is 1. The van der Waals surface area contributed by atoms with Gasteiger partial charge in [-0.2, -0.15) is 0 Å². The summed E-state index contributed by atoms with van der Waals surface area (Å²) in [4.78, 5) is 26.1. The molecule has 1 heterocycles. The molecule has 0 aromatic heterocycles. The fraction of sp³-hybridized carbons (Fsp3) is 0. The van der Waals surface area contributed by atoms with Gasteiger partial charge < -0.3 is 0 Å². The maximum Gasteiger partial charge on any atom is 0.270 e. The third-order valence-corrected chi connectivity index (χ3v) is 3.75. The van der Waals surface area contributed by atoms with Gasteiger partial charge >= 0.3 is 0 Å². The second kappa shape index (κ2) is 7.02. The van der Waals surface area contributed by atoms with Crippen molar-refractivity contribution in [2.45, 2.75) is 0 Å². The summed E-state index contributed by atoms with van der Waals surface area (Å²) in [7, 11) is 0. The number of para-hydroxylation sites is 1. The molecular weight excluding hydrogens is 320 g/mol. The van der Waals surface area contributed by atoms with E-state index in [1.807, 2.05) is 42.5 Å². The van der Waals surface area contributed by atoms with E-state index in [4.69, 9.17) is 12.2 Å². The van der Waals surface area contributed by atoms with Crippen LogP contribution >= 0.6 is 12.2 Å². The molecule has 1 fully saturated rings. The van der Waals surface area contributed by atoms with Gasteiger partial charge in [0.1, 0.15) is 5.57 Å². The number of hydrogen-bond acceptors (Lipinski definition) is 3. The third-order valence-electron chi connectivity index (χ3n) is 3.47. The lowest BCUT2D eigenvalue weighted by molar-refractivity contribution is -0.122. The van der Waals surface area contributed by atoms with Crippen LogP contribution in [0.2, 0.25) is 0 Å². The van der Waals surface area contributed by atoms with Crippen molar-refractivity contribution in [3.05, 3.63) is 84.0 Å². The van der Waals surface area contributed by atoms with E-state index in [-0.39, 0.29) is 10.7 Å². The monoisotopic (exact) mass is 334 g/mol. The first-order valence-electron chi connectivity index (χ1n) is 7.35. The zero-order chi connectivity index (χ0) is 16.9. The number of carbonyl (C=O) groups excluding carboxylic acids is 2. The molecule has 2 aromatic carbocycles. The topological polar surface area (TPSA) is 49.4 Å². The number of nitrogens with zero attached hydrogens (tertiary/aromatic N) is 1. The number of nitrogens with one attached hydrogen (secondary N) is 1. The molecule has 0 aliphatic carbocycles. The molecule has 0 saturated carbocycles. The van der Waals surface area contributed by atoms with E-state index in [1.54, 1.807) is 30.3 Å². The van der Waals surface area contributed by atoms with Crippen LogP contribution < -0.4 is 10.2 Å². The Hall–Kier alpha value is -3.05. The summed E-state index contributed by atoms with van der Waals surface area (Å²) >= 11 is 5.13. The van der Waals surface area contributed by atoms with Crippen molar-refractivity contribution >= 4 is 40.9 Å². The summed E-state index contributed by atoms with van der Waals surface area (Å²) in [5.41, 5.74) is 1.64. The largest absolute Gasteiger partial charge is 0.298 e. The van der Waals surface area contributed by atoms with Gasteiger partial charge in [-0.1, -0.05) is 60.7 Å². The fourth-order valence-electron chi connectivity index (χ4n) is 2.31. The standard InChI is InChI=1S/C19H14N2O2S/c22-17-16(13-7-10-14-8-3-1-4-9-14)18(23)21(19(24)20-17)15-11-5-2-6-12-15/h1-13H,(H,20,22,24)/b10-7+,16-13-. The van der Waals surface area contributed by atoms with Crippen LogP contribution in [0.5, 0.6) is 0 Å². The molecule has 5 heteroatoms. The van der Waals surface area contributed by atoms with Crippen molar-refractivity contribution in [1.82, 2.24) is 5.32 Å². The molecule has 0 bridgehead atoms. The van der Waals surface area contributed by atoms with Crippen molar-refractivity contribution in [3.8, 4) is 0 Å². The molecule has 0 radical (unpaired) electrons. The Labute approximate surface area is 145 Å². The van der Waals surface area contributed by atoms with E-state index in [1.165, 1.54) is 11.0 Å². The quantitative estimate of drug-likeness (QED) is 0.533. The molecule has 1 aliphatic heterocycles. The summed E-state index contributed by atoms with van der Waals surface area (Å²) in [5, 5.41) is 2.64. The second-order valence-corrected chi connectivity index (χ2v) is 5.47. The molecule has 24 heavy (non-hydrogen) atoms. The van der Waals surface area contributed by atoms with Crippen LogP contribution in [-0.2, 0) is 9.59 Å². The Morgan fingerprint density at radius 2 is 1.54 bits per heavy atom. The van der Waals surface area contributed by atoms with Gasteiger partial charge in [0.15, 0.2) is 5.11 Å². The van der Waals surface area contributed by atoms with Crippen LogP contribution in [0, 0.1) is 0 Å². The zero-order valence-electron chi connectivity index (χ0n) is 12.7. The lowest BCUT2D eigenvalue weighted by atomic mass is 10.1. The molecule has 1 N–H and O–H groups in total. The van der Waals surface area contributed by atoms with E-state index >= 15 is 0 Å². The normalized spacial score (nSPS) is 16.8. The highest BCUT2D eigenvalue weighted by Crippen LogP contribution is 2.20. The molecule has 3 rings (SSSR count).